The molecule has 112 valence electrons. The van der Waals surface area contributed by atoms with E-state index in [0.29, 0.717) is 17.0 Å². The number of nitrogens with zero attached hydrogens (tertiary/aromatic N) is 2. The Balaban J connectivity index is 2.32. The van der Waals surface area contributed by atoms with Crippen LogP contribution in [0.25, 0.3) is 11.1 Å². The number of alkyl halides is 3. The minimum Gasteiger partial charge on any atom is -0.257 e. The topological polar surface area (TPSA) is 25.8 Å². The highest BCUT2D eigenvalue weighted by Crippen LogP contribution is 2.30. The molecule has 8 heteroatoms. The van der Waals surface area contributed by atoms with E-state index >= 15 is 0 Å². The van der Waals surface area contributed by atoms with Gasteiger partial charge in [0.25, 0.3) is 0 Å². The lowest BCUT2D eigenvalue weighted by Crippen LogP contribution is -2.07. The van der Waals surface area contributed by atoms with Crippen LogP contribution in [0, 0.1) is 5.82 Å². The Morgan fingerprint density at radius 1 is 1.14 bits per heavy atom. The van der Waals surface area contributed by atoms with E-state index in [1.165, 1.54) is 12.1 Å². The number of hydrogen-bond donors (Lipinski definition) is 0. The second-order valence-electron chi connectivity index (χ2n) is 4.01. The summed E-state index contributed by atoms with van der Waals surface area (Å²) >= 11 is 0. The standard InChI is InChI=1S/C13H10F4N2S2/c1-20-21-7-9-4-10(11(14)6-18-9)8-2-3-12(19-5-8)13(15,16)17/h2-6H,7H2,1H3. The van der Waals surface area contributed by atoms with Crippen molar-refractivity contribution in [2.24, 2.45) is 0 Å². The fourth-order valence-corrected chi connectivity index (χ4v) is 2.73. The molecule has 0 saturated carbocycles. The molecule has 0 N–H and O–H groups in total. The van der Waals surface area contributed by atoms with E-state index in [2.05, 4.69) is 9.97 Å². The Bertz CT molecular complexity index is 615. The number of halogens is 4. The third-order valence-electron chi connectivity index (χ3n) is 2.60. The van der Waals surface area contributed by atoms with Gasteiger partial charge in [-0.25, -0.2) is 4.39 Å². The molecule has 0 amide bonds. The average Bonchev–Trinajstić information content (AvgIpc) is 2.46. The molecular formula is C13H10F4N2S2. The van der Waals surface area contributed by atoms with Gasteiger partial charge in [0.1, 0.15) is 11.5 Å². The molecule has 2 rings (SSSR count). The first-order chi connectivity index (χ1) is 9.91. The van der Waals surface area contributed by atoms with Gasteiger partial charge in [0.15, 0.2) is 0 Å². The van der Waals surface area contributed by atoms with Crippen molar-refractivity contribution in [2.45, 2.75) is 11.9 Å². The van der Waals surface area contributed by atoms with Crippen molar-refractivity contribution in [2.75, 3.05) is 6.26 Å². The molecule has 0 aromatic carbocycles. The summed E-state index contributed by atoms with van der Waals surface area (Å²) in [7, 11) is 3.10. The molecule has 0 bridgehead atoms. The highest BCUT2D eigenvalue weighted by molar-refractivity contribution is 8.76. The first-order valence-corrected chi connectivity index (χ1v) is 8.48. The van der Waals surface area contributed by atoms with E-state index < -0.39 is 17.7 Å². The van der Waals surface area contributed by atoms with Crippen LogP contribution in [0.15, 0.2) is 30.6 Å². The van der Waals surface area contributed by atoms with Gasteiger partial charge in [-0.2, -0.15) is 13.2 Å². The molecule has 0 aliphatic heterocycles. The van der Waals surface area contributed by atoms with Crippen molar-refractivity contribution >= 4 is 21.6 Å². The van der Waals surface area contributed by atoms with Crippen molar-refractivity contribution in [1.82, 2.24) is 9.97 Å². The summed E-state index contributed by atoms with van der Waals surface area (Å²) in [4.78, 5) is 7.29. The average molecular weight is 334 g/mol. The molecule has 2 aromatic heterocycles. The molecule has 0 spiro atoms. The lowest BCUT2D eigenvalue weighted by molar-refractivity contribution is -0.141. The van der Waals surface area contributed by atoms with Crippen molar-refractivity contribution in [3.8, 4) is 11.1 Å². The fourth-order valence-electron chi connectivity index (χ4n) is 1.62. The van der Waals surface area contributed by atoms with E-state index in [1.54, 1.807) is 21.6 Å². The van der Waals surface area contributed by atoms with Crippen molar-refractivity contribution in [1.29, 1.82) is 0 Å². The maximum Gasteiger partial charge on any atom is 0.433 e. The second-order valence-corrected chi connectivity index (χ2v) is 6.58. The first-order valence-electron chi connectivity index (χ1n) is 5.75. The third-order valence-corrected chi connectivity index (χ3v) is 4.31. The monoisotopic (exact) mass is 334 g/mol. The van der Waals surface area contributed by atoms with Gasteiger partial charge in [0.05, 0.1) is 11.9 Å². The zero-order chi connectivity index (χ0) is 15.5. The largest absolute Gasteiger partial charge is 0.433 e. The highest BCUT2D eigenvalue weighted by Gasteiger charge is 2.32. The van der Waals surface area contributed by atoms with Crippen LogP contribution in [-0.4, -0.2) is 16.2 Å². The van der Waals surface area contributed by atoms with E-state index in [4.69, 9.17) is 0 Å². The number of pyridine rings is 2. The van der Waals surface area contributed by atoms with Crippen LogP contribution < -0.4 is 0 Å². The summed E-state index contributed by atoms with van der Waals surface area (Å²) in [6.45, 7) is 0. The van der Waals surface area contributed by atoms with Gasteiger partial charge in [0.2, 0.25) is 0 Å². The molecule has 2 nitrogen and oxygen atoms in total. The highest BCUT2D eigenvalue weighted by atomic mass is 33.1. The van der Waals surface area contributed by atoms with Gasteiger partial charge in [-0.1, -0.05) is 27.7 Å². The second kappa shape index (κ2) is 6.65. The maximum absolute atomic E-state index is 13.8. The smallest absolute Gasteiger partial charge is 0.257 e. The zero-order valence-electron chi connectivity index (χ0n) is 10.8. The lowest BCUT2D eigenvalue weighted by Gasteiger charge is -2.08. The molecule has 0 aliphatic rings. The Morgan fingerprint density at radius 2 is 1.90 bits per heavy atom. The third kappa shape index (κ3) is 4.10. The van der Waals surface area contributed by atoms with Crippen LogP contribution in [0.1, 0.15) is 11.4 Å². The summed E-state index contributed by atoms with van der Waals surface area (Å²) in [5.41, 5.74) is 0.144. The Hall–Kier alpha value is -1.28. The van der Waals surface area contributed by atoms with Crippen LogP contribution in [0.5, 0.6) is 0 Å². The number of rotatable bonds is 4. The van der Waals surface area contributed by atoms with Crippen LogP contribution >= 0.6 is 21.6 Å². The van der Waals surface area contributed by atoms with Gasteiger partial charge >= 0.3 is 6.18 Å². The molecule has 2 aromatic rings. The van der Waals surface area contributed by atoms with Gasteiger partial charge < -0.3 is 0 Å². The minimum absolute atomic E-state index is 0.197. The van der Waals surface area contributed by atoms with Crippen molar-refractivity contribution < 1.29 is 17.6 Å². The minimum atomic E-state index is -4.50. The predicted octanol–water partition coefficient (Wildman–Crippen LogP) is 4.81. The quantitative estimate of drug-likeness (QED) is 0.592. The summed E-state index contributed by atoms with van der Waals surface area (Å²) < 4.78 is 51.1. The molecular weight excluding hydrogens is 324 g/mol. The molecule has 0 aliphatic carbocycles. The summed E-state index contributed by atoms with van der Waals surface area (Å²) in [5, 5.41) is 0. The van der Waals surface area contributed by atoms with Gasteiger partial charge in [-0.15, -0.1) is 0 Å². The van der Waals surface area contributed by atoms with Gasteiger partial charge in [0, 0.05) is 23.1 Å². The molecule has 2 heterocycles. The maximum atomic E-state index is 13.8. The SMILES string of the molecule is CSSCc1cc(-c2ccc(C(F)(F)F)nc2)c(F)cn1. The van der Waals surface area contributed by atoms with Crippen molar-refractivity contribution in [3.63, 3.8) is 0 Å². The summed E-state index contributed by atoms with van der Waals surface area (Å²) in [5.74, 6) is -0.00264. The molecule has 0 radical (unpaired) electrons. The Labute approximate surface area is 126 Å². The number of aromatic nitrogens is 2. The van der Waals surface area contributed by atoms with Gasteiger partial charge in [-0.05, 0) is 18.4 Å². The van der Waals surface area contributed by atoms with E-state index in [-0.39, 0.29) is 5.56 Å². The number of hydrogen-bond acceptors (Lipinski definition) is 4. The fraction of sp³-hybridized carbons (Fsp3) is 0.231. The Kier molecular flexibility index (Phi) is 5.10. The van der Waals surface area contributed by atoms with E-state index in [9.17, 15) is 17.6 Å². The molecule has 0 unspecified atom stereocenters. The van der Waals surface area contributed by atoms with E-state index in [0.717, 1.165) is 18.5 Å². The molecule has 0 fully saturated rings. The van der Waals surface area contributed by atoms with Crippen molar-refractivity contribution in [3.05, 3.63) is 47.8 Å². The van der Waals surface area contributed by atoms with Gasteiger partial charge in [-0.3, -0.25) is 9.97 Å². The normalized spacial score (nSPS) is 11.7. The van der Waals surface area contributed by atoms with Crippen LogP contribution in [0.2, 0.25) is 0 Å². The molecule has 0 atom stereocenters. The van der Waals surface area contributed by atoms with E-state index in [1.807, 2.05) is 6.26 Å². The molecule has 21 heavy (non-hydrogen) atoms. The zero-order valence-corrected chi connectivity index (χ0v) is 12.4. The van der Waals surface area contributed by atoms with Crippen LogP contribution in [-0.2, 0) is 11.9 Å². The molecule has 0 saturated heterocycles. The van der Waals surface area contributed by atoms with Crippen LogP contribution in [0.3, 0.4) is 0 Å². The predicted molar refractivity (Wildman–Crippen MR) is 77.2 cm³/mol. The summed E-state index contributed by atoms with van der Waals surface area (Å²) in [6, 6.07) is 3.58. The Morgan fingerprint density at radius 3 is 2.48 bits per heavy atom. The first kappa shape index (κ1) is 16.1. The lowest BCUT2D eigenvalue weighted by atomic mass is 10.1. The summed E-state index contributed by atoms with van der Waals surface area (Å²) in [6.07, 6.45) is -0.500. The van der Waals surface area contributed by atoms with Crippen LogP contribution in [0.4, 0.5) is 17.6 Å².